The van der Waals surface area contributed by atoms with Crippen LogP contribution in [0.4, 0.5) is 4.79 Å². The van der Waals surface area contributed by atoms with E-state index in [0.29, 0.717) is 18.1 Å². The van der Waals surface area contributed by atoms with Crippen LogP contribution in [0.25, 0.3) is 0 Å². The second-order valence-corrected chi connectivity index (χ2v) is 5.36. The van der Waals surface area contributed by atoms with Gasteiger partial charge in [-0.25, -0.2) is 9.59 Å². The molecule has 2 rings (SSSR count). The first-order valence-corrected chi connectivity index (χ1v) is 6.92. The Balaban J connectivity index is 1.95. The van der Waals surface area contributed by atoms with Gasteiger partial charge in [-0.1, -0.05) is 6.92 Å². The fourth-order valence-electron chi connectivity index (χ4n) is 2.65. The Kier molecular flexibility index (Phi) is 4.52. The van der Waals surface area contributed by atoms with Crippen molar-refractivity contribution in [1.29, 1.82) is 0 Å². The van der Waals surface area contributed by atoms with Crippen molar-refractivity contribution < 1.29 is 24.2 Å². The van der Waals surface area contributed by atoms with Crippen LogP contribution in [0.2, 0.25) is 0 Å². The van der Waals surface area contributed by atoms with Gasteiger partial charge in [-0.05, 0) is 25.3 Å². The minimum Gasteiger partial charge on any atom is -0.478 e. The number of hydrogen-bond acceptors (Lipinski definition) is 4. The van der Waals surface area contributed by atoms with Crippen LogP contribution in [0.3, 0.4) is 0 Å². The minimum atomic E-state index is -1.05. The van der Waals surface area contributed by atoms with E-state index in [4.69, 9.17) is 9.52 Å². The van der Waals surface area contributed by atoms with Crippen LogP contribution >= 0.6 is 0 Å². The van der Waals surface area contributed by atoms with Crippen molar-refractivity contribution in [3.8, 4) is 0 Å². The molecule has 1 aliphatic rings. The van der Waals surface area contributed by atoms with E-state index in [-0.39, 0.29) is 36.7 Å². The second kappa shape index (κ2) is 6.17. The van der Waals surface area contributed by atoms with Gasteiger partial charge in [0.1, 0.15) is 17.1 Å². The molecule has 0 aromatic carbocycles. The fourth-order valence-corrected chi connectivity index (χ4v) is 2.65. The molecule has 1 aromatic rings. The molecule has 0 aliphatic carbocycles. The van der Waals surface area contributed by atoms with Crippen molar-refractivity contribution in [2.24, 2.45) is 5.92 Å². The zero-order valence-electron chi connectivity index (χ0n) is 12.1. The second-order valence-electron chi connectivity index (χ2n) is 5.36. The molecule has 0 bridgehead atoms. The number of aryl methyl sites for hydroxylation is 1. The van der Waals surface area contributed by atoms with Crippen molar-refractivity contribution >= 4 is 12.0 Å². The Hall–Kier alpha value is -2.02. The summed E-state index contributed by atoms with van der Waals surface area (Å²) in [5.41, 5.74) is 0.0993. The zero-order valence-corrected chi connectivity index (χ0v) is 12.1. The third kappa shape index (κ3) is 3.18. The van der Waals surface area contributed by atoms with E-state index < -0.39 is 5.97 Å². The number of hydrogen-bond donors (Lipinski definition) is 3. The molecule has 2 heterocycles. The highest BCUT2D eigenvalue weighted by atomic mass is 16.4. The maximum Gasteiger partial charge on any atom is 0.339 e. The molecule has 0 saturated carbocycles. The molecule has 116 valence electrons. The predicted octanol–water partition coefficient (Wildman–Crippen LogP) is 1.20. The summed E-state index contributed by atoms with van der Waals surface area (Å²) < 4.78 is 5.30. The van der Waals surface area contributed by atoms with Crippen LogP contribution in [0.15, 0.2) is 10.5 Å². The van der Waals surface area contributed by atoms with E-state index >= 15 is 0 Å². The summed E-state index contributed by atoms with van der Waals surface area (Å²) >= 11 is 0. The quantitative estimate of drug-likeness (QED) is 0.774. The van der Waals surface area contributed by atoms with E-state index in [9.17, 15) is 14.7 Å². The van der Waals surface area contributed by atoms with Crippen LogP contribution in [0, 0.1) is 12.8 Å². The number of aliphatic hydroxyl groups is 1. The maximum atomic E-state index is 12.1. The fraction of sp³-hybridized carbons (Fsp3) is 0.571. The van der Waals surface area contributed by atoms with E-state index in [1.54, 1.807) is 11.8 Å². The summed E-state index contributed by atoms with van der Waals surface area (Å²) in [6.45, 7) is 4.24. The lowest BCUT2D eigenvalue weighted by Crippen LogP contribution is -2.45. The first-order chi connectivity index (χ1) is 9.93. The number of amides is 2. The van der Waals surface area contributed by atoms with Crippen LogP contribution in [0.1, 0.15) is 35.2 Å². The van der Waals surface area contributed by atoms with E-state index in [0.717, 1.165) is 6.42 Å². The number of carbonyl (C=O) groups is 2. The van der Waals surface area contributed by atoms with Crippen molar-refractivity contribution in [3.63, 3.8) is 0 Å². The summed E-state index contributed by atoms with van der Waals surface area (Å²) in [4.78, 5) is 24.6. The van der Waals surface area contributed by atoms with Gasteiger partial charge in [0.15, 0.2) is 0 Å². The number of rotatable bonds is 4. The maximum absolute atomic E-state index is 12.1. The first kappa shape index (κ1) is 15.4. The minimum absolute atomic E-state index is 0.0579. The molecule has 1 fully saturated rings. The average Bonchev–Trinajstić information content (AvgIpc) is 2.99. The molecule has 1 saturated heterocycles. The molecule has 0 spiro atoms. The number of urea groups is 1. The molecular formula is C14H20N2O5. The number of aliphatic hydroxyl groups excluding tert-OH is 1. The average molecular weight is 296 g/mol. The summed E-state index contributed by atoms with van der Waals surface area (Å²) in [5, 5.41) is 21.0. The number of nitrogens with zero attached hydrogens (tertiary/aromatic N) is 1. The smallest absolute Gasteiger partial charge is 0.339 e. The third-order valence-corrected chi connectivity index (χ3v) is 3.94. The largest absolute Gasteiger partial charge is 0.478 e. The van der Waals surface area contributed by atoms with Gasteiger partial charge in [0.25, 0.3) is 0 Å². The highest BCUT2D eigenvalue weighted by Crippen LogP contribution is 2.23. The third-order valence-electron chi connectivity index (χ3n) is 3.94. The van der Waals surface area contributed by atoms with E-state index in [2.05, 4.69) is 5.32 Å². The molecule has 3 N–H and O–H groups in total. The lowest BCUT2D eigenvalue weighted by atomic mass is 10.0. The Labute approximate surface area is 122 Å². The highest BCUT2D eigenvalue weighted by Gasteiger charge is 2.33. The van der Waals surface area contributed by atoms with Gasteiger partial charge in [-0.3, -0.25) is 0 Å². The molecule has 2 unspecified atom stereocenters. The van der Waals surface area contributed by atoms with Gasteiger partial charge >= 0.3 is 12.0 Å². The Morgan fingerprint density at radius 3 is 2.81 bits per heavy atom. The Morgan fingerprint density at radius 2 is 2.24 bits per heavy atom. The first-order valence-electron chi connectivity index (χ1n) is 6.92. The lowest BCUT2D eigenvalue weighted by Gasteiger charge is -2.25. The van der Waals surface area contributed by atoms with Crippen molar-refractivity contribution in [2.45, 2.75) is 32.9 Å². The number of carbonyl (C=O) groups excluding carboxylic acids is 1. The van der Waals surface area contributed by atoms with Crippen LogP contribution in [-0.4, -0.2) is 46.3 Å². The van der Waals surface area contributed by atoms with Crippen molar-refractivity contribution in [1.82, 2.24) is 10.2 Å². The summed E-state index contributed by atoms with van der Waals surface area (Å²) in [6, 6.07) is 0.968. The van der Waals surface area contributed by atoms with Crippen LogP contribution in [0.5, 0.6) is 0 Å². The molecule has 2 amide bonds. The predicted molar refractivity (Wildman–Crippen MR) is 74.0 cm³/mol. The number of aromatic carboxylic acids is 1. The Bertz CT molecular complexity index is 539. The van der Waals surface area contributed by atoms with Gasteiger partial charge in [-0.2, -0.15) is 0 Å². The lowest BCUT2D eigenvalue weighted by molar-refractivity contribution is 0.0695. The molecule has 1 aromatic heterocycles. The highest BCUT2D eigenvalue weighted by molar-refractivity contribution is 5.88. The van der Waals surface area contributed by atoms with E-state index in [1.165, 1.54) is 6.07 Å². The van der Waals surface area contributed by atoms with Gasteiger partial charge in [-0.15, -0.1) is 0 Å². The molecule has 21 heavy (non-hydrogen) atoms. The number of likely N-dealkylation sites (tertiary alicyclic amines) is 1. The van der Waals surface area contributed by atoms with Crippen LogP contribution in [-0.2, 0) is 6.54 Å². The van der Waals surface area contributed by atoms with E-state index in [1.807, 2.05) is 6.92 Å². The van der Waals surface area contributed by atoms with Gasteiger partial charge < -0.3 is 24.8 Å². The number of furan rings is 1. The molecular weight excluding hydrogens is 276 g/mol. The number of nitrogens with one attached hydrogen (secondary N) is 1. The summed E-state index contributed by atoms with van der Waals surface area (Å²) in [7, 11) is 0. The molecule has 2 atom stereocenters. The SMILES string of the molecule is Cc1oc(CNC(=O)N2CCC(C)C2CO)cc1C(=O)O. The molecule has 1 aliphatic heterocycles. The summed E-state index contributed by atoms with van der Waals surface area (Å²) in [5.74, 6) is -0.0754. The normalized spacial score (nSPS) is 21.6. The summed E-state index contributed by atoms with van der Waals surface area (Å²) in [6.07, 6.45) is 0.863. The molecule has 0 radical (unpaired) electrons. The molecule has 7 heteroatoms. The topological polar surface area (TPSA) is 103 Å². The Morgan fingerprint density at radius 1 is 1.52 bits per heavy atom. The number of carboxylic acids is 1. The van der Waals surface area contributed by atoms with Crippen LogP contribution < -0.4 is 5.32 Å². The van der Waals surface area contributed by atoms with Crippen molar-refractivity contribution in [3.05, 3.63) is 23.2 Å². The standard InChI is InChI=1S/C14H20N2O5/c1-8-3-4-16(12(8)7-17)14(20)15-6-10-5-11(13(18)19)9(2)21-10/h5,8,12,17H,3-4,6-7H2,1-2H3,(H,15,20)(H,18,19). The zero-order chi connectivity index (χ0) is 15.6. The van der Waals surface area contributed by atoms with Crippen molar-refractivity contribution in [2.75, 3.05) is 13.2 Å². The monoisotopic (exact) mass is 296 g/mol. The van der Waals surface area contributed by atoms with Gasteiger partial charge in [0, 0.05) is 6.54 Å². The van der Waals surface area contributed by atoms with Gasteiger partial charge in [0.05, 0.1) is 19.2 Å². The molecule has 7 nitrogen and oxygen atoms in total. The van der Waals surface area contributed by atoms with Gasteiger partial charge in [0.2, 0.25) is 0 Å². The number of carboxylic acid groups (broad SMARTS) is 1.